The van der Waals surface area contributed by atoms with E-state index < -0.39 is 27.7 Å². The van der Waals surface area contributed by atoms with Gasteiger partial charge in [-0.25, -0.2) is 23.4 Å². The van der Waals surface area contributed by atoms with Gasteiger partial charge >= 0.3 is 6.18 Å². The molecule has 0 radical (unpaired) electrons. The fourth-order valence-corrected chi connectivity index (χ4v) is 5.28. The Kier molecular flexibility index (Phi) is 4.82. The summed E-state index contributed by atoms with van der Waals surface area (Å²) in [6, 6.07) is 0.888. The highest BCUT2D eigenvalue weighted by molar-refractivity contribution is 7.91. The van der Waals surface area contributed by atoms with Crippen molar-refractivity contribution in [1.82, 2.24) is 24.1 Å². The first-order valence-corrected chi connectivity index (χ1v) is 12.1. The van der Waals surface area contributed by atoms with Crippen LogP contribution < -0.4 is 0 Å². The molecule has 1 saturated carbocycles. The number of nitrogens with zero attached hydrogens (tertiary/aromatic N) is 6. The minimum absolute atomic E-state index is 0.00848. The zero-order valence-corrected chi connectivity index (χ0v) is 18.9. The van der Waals surface area contributed by atoms with E-state index >= 15 is 0 Å². The van der Waals surface area contributed by atoms with Gasteiger partial charge in [0.1, 0.15) is 11.2 Å². The number of oxime groups is 1. The largest absolute Gasteiger partial charge is 0.417 e. The number of pyridine rings is 1. The summed E-state index contributed by atoms with van der Waals surface area (Å²) in [5.41, 5.74) is 0.224. The number of hydrogen-bond acceptors (Lipinski definition) is 7. The molecule has 1 unspecified atom stereocenters. The zero-order valence-electron chi connectivity index (χ0n) is 18.1. The monoisotopic (exact) mass is 482 g/mol. The van der Waals surface area contributed by atoms with Crippen LogP contribution in [0.2, 0.25) is 0 Å². The van der Waals surface area contributed by atoms with Gasteiger partial charge in [-0.2, -0.15) is 13.2 Å². The van der Waals surface area contributed by atoms with E-state index in [0.717, 1.165) is 30.8 Å². The highest BCUT2D eigenvalue weighted by Crippen LogP contribution is 2.40. The van der Waals surface area contributed by atoms with Gasteiger partial charge in [0.25, 0.3) is 0 Å². The first-order chi connectivity index (χ1) is 15.5. The Morgan fingerprint density at radius 2 is 1.91 bits per heavy atom. The molecule has 0 N–H and O–H groups in total. The van der Waals surface area contributed by atoms with Crippen molar-refractivity contribution in [2.45, 2.75) is 43.5 Å². The summed E-state index contributed by atoms with van der Waals surface area (Å²) in [7, 11) is -0.629. The third-order valence-electron chi connectivity index (χ3n) is 6.03. The predicted molar refractivity (Wildman–Crippen MR) is 112 cm³/mol. The van der Waals surface area contributed by atoms with Crippen LogP contribution in [0.3, 0.4) is 0 Å². The second-order valence-electron chi connectivity index (χ2n) is 8.30. The molecular formula is C20H21F3N6O3S. The average Bonchev–Trinajstić information content (AvgIpc) is 3.25. The minimum Gasteiger partial charge on any atom is -0.384 e. The maximum atomic E-state index is 13.1. The number of aryl methyl sites for hydroxylation is 1. The second kappa shape index (κ2) is 7.27. The van der Waals surface area contributed by atoms with Gasteiger partial charge in [-0.3, -0.25) is 0 Å². The molecule has 5 rings (SSSR count). The number of rotatable bonds is 5. The molecule has 1 atom stereocenters. The van der Waals surface area contributed by atoms with Crippen LogP contribution in [0.25, 0.3) is 22.7 Å². The average molecular weight is 482 g/mol. The number of sulfone groups is 1. The molecule has 3 aromatic rings. The third-order valence-corrected chi connectivity index (χ3v) is 7.84. The maximum Gasteiger partial charge on any atom is 0.417 e. The molecule has 0 aromatic carbocycles. The van der Waals surface area contributed by atoms with Gasteiger partial charge in [0.05, 0.1) is 17.0 Å². The van der Waals surface area contributed by atoms with E-state index in [9.17, 15) is 21.6 Å². The minimum atomic E-state index is -4.58. The van der Waals surface area contributed by atoms with Crippen molar-refractivity contribution in [3.63, 3.8) is 0 Å². The van der Waals surface area contributed by atoms with E-state index in [4.69, 9.17) is 4.84 Å². The van der Waals surface area contributed by atoms with E-state index in [1.165, 1.54) is 16.1 Å². The van der Waals surface area contributed by atoms with Gasteiger partial charge in [-0.05, 0) is 18.9 Å². The van der Waals surface area contributed by atoms with Crippen molar-refractivity contribution in [1.29, 1.82) is 0 Å². The van der Waals surface area contributed by atoms with Gasteiger partial charge in [-0.1, -0.05) is 12.1 Å². The lowest BCUT2D eigenvalue weighted by molar-refractivity contribution is -0.137. The van der Waals surface area contributed by atoms with Crippen molar-refractivity contribution >= 4 is 26.7 Å². The Hall–Kier alpha value is -2.96. The number of fused-ring (bicyclic) bond motifs is 1. The summed E-state index contributed by atoms with van der Waals surface area (Å²) in [6.45, 7) is 1.51. The van der Waals surface area contributed by atoms with Crippen molar-refractivity contribution in [3.8, 4) is 11.5 Å². The smallest absolute Gasteiger partial charge is 0.384 e. The molecule has 4 heterocycles. The van der Waals surface area contributed by atoms with Crippen LogP contribution in [-0.2, 0) is 34.9 Å². The summed E-state index contributed by atoms with van der Waals surface area (Å²) in [5.74, 6) is 0.691. The standard InChI is InChI=1S/C20H21F3N6O3S/c1-4-33(30,31)19-15(26-17(29(19)3)14-8-12(27-32-14)10-5-6-10)18-25-13-7-11(20(21,22)23)9-24-16(13)28(18)2/h7,9-10,14H,4-6,8H2,1-3H3. The molecule has 3 aromatic heterocycles. The summed E-state index contributed by atoms with van der Waals surface area (Å²) in [4.78, 5) is 18.3. The molecule has 176 valence electrons. The third kappa shape index (κ3) is 3.58. The highest BCUT2D eigenvalue weighted by atomic mass is 32.2. The van der Waals surface area contributed by atoms with Crippen LogP contribution in [0, 0.1) is 5.92 Å². The molecule has 0 saturated heterocycles. The Morgan fingerprint density at radius 1 is 1.18 bits per heavy atom. The molecule has 1 fully saturated rings. The fourth-order valence-electron chi connectivity index (χ4n) is 4.06. The first kappa shape index (κ1) is 21.9. The fraction of sp³-hybridized carbons (Fsp3) is 0.500. The number of imidazole rings is 2. The van der Waals surface area contributed by atoms with E-state index in [0.29, 0.717) is 18.2 Å². The zero-order chi connectivity index (χ0) is 23.7. The number of halogens is 3. The van der Waals surface area contributed by atoms with Crippen molar-refractivity contribution in [3.05, 3.63) is 23.7 Å². The van der Waals surface area contributed by atoms with E-state index in [1.54, 1.807) is 14.1 Å². The van der Waals surface area contributed by atoms with Crippen molar-refractivity contribution in [2.75, 3.05) is 5.75 Å². The second-order valence-corrected chi connectivity index (χ2v) is 10.5. The van der Waals surface area contributed by atoms with Crippen LogP contribution in [0.1, 0.15) is 43.7 Å². The molecule has 2 aliphatic rings. The van der Waals surface area contributed by atoms with Crippen LogP contribution in [0.4, 0.5) is 13.2 Å². The summed E-state index contributed by atoms with van der Waals surface area (Å²) >= 11 is 0. The lowest BCUT2D eigenvalue weighted by Gasteiger charge is -2.10. The van der Waals surface area contributed by atoms with Gasteiger partial charge in [0.2, 0.25) is 0 Å². The quantitative estimate of drug-likeness (QED) is 0.552. The summed E-state index contributed by atoms with van der Waals surface area (Å²) < 4.78 is 68.3. The van der Waals surface area contributed by atoms with Crippen molar-refractivity contribution < 1.29 is 26.4 Å². The Labute approximate surface area is 187 Å². The molecule has 0 amide bonds. The van der Waals surface area contributed by atoms with E-state index in [-0.39, 0.29) is 33.5 Å². The number of hydrogen-bond donors (Lipinski definition) is 0. The molecule has 0 spiro atoms. The molecule has 0 bridgehead atoms. The molecule has 9 nitrogen and oxygen atoms in total. The van der Waals surface area contributed by atoms with Crippen LogP contribution in [0.5, 0.6) is 0 Å². The van der Waals surface area contributed by atoms with Crippen LogP contribution in [0.15, 0.2) is 22.4 Å². The van der Waals surface area contributed by atoms with Gasteiger partial charge in [0, 0.05) is 32.6 Å². The van der Waals surface area contributed by atoms with Gasteiger partial charge in [0.15, 0.2) is 38.3 Å². The molecule has 1 aliphatic carbocycles. The molecular weight excluding hydrogens is 461 g/mol. The predicted octanol–water partition coefficient (Wildman–Crippen LogP) is 3.41. The number of aromatic nitrogens is 5. The Bertz CT molecular complexity index is 1400. The Morgan fingerprint density at radius 3 is 2.55 bits per heavy atom. The van der Waals surface area contributed by atoms with Crippen molar-refractivity contribution in [2.24, 2.45) is 25.2 Å². The lowest BCUT2D eigenvalue weighted by atomic mass is 10.1. The normalized spacial score (nSPS) is 19.2. The first-order valence-electron chi connectivity index (χ1n) is 10.4. The van der Waals surface area contributed by atoms with Gasteiger partial charge in [-0.15, -0.1) is 0 Å². The Balaban J connectivity index is 1.66. The summed E-state index contributed by atoms with van der Waals surface area (Å²) in [5, 5.41) is 4.08. The van der Waals surface area contributed by atoms with Crippen LogP contribution in [-0.4, -0.2) is 44.0 Å². The lowest BCUT2D eigenvalue weighted by Crippen LogP contribution is -2.14. The van der Waals surface area contributed by atoms with Crippen LogP contribution >= 0.6 is 0 Å². The molecule has 33 heavy (non-hydrogen) atoms. The van der Waals surface area contributed by atoms with Gasteiger partial charge < -0.3 is 14.0 Å². The SMILES string of the molecule is CCS(=O)(=O)c1c(-c2nc3cc(C(F)(F)F)cnc3n2C)nc(C2CC(C3CC3)=NO2)n1C. The molecule has 1 aliphatic heterocycles. The maximum absolute atomic E-state index is 13.1. The van der Waals surface area contributed by atoms with E-state index in [2.05, 4.69) is 20.1 Å². The van der Waals surface area contributed by atoms with E-state index in [1.807, 2.05) is 0 Å². The highest BCUT2D eigenvalue weighted by Gasteiger charge is 2.39. The molecule has 13 heteroatoms. The topological polar surface area (TPSA) is 104 Å². The summed E-state index contributed by atoms with van der Waals surface area (Å²) in [6.07, 6.45) is -1.77. The number of alkyl halides is 3.